The lowest BCUT2D eigenvalue weighted by Crippen LogP contribution is -2.28. The van der Waals surface area contributed by atoms with Gasteiger partial charge in [0.15, 0.2) is 0 Å². The maximum Gasteiger partial charge on any atom is 0.313 e. The van der Waals surface area contributed by atoms with Crippen LogP contribution in [0.4, 0.5) is 5.69 Å². The molecule has 0 radical (unpaired) electrons. The minimum atomic E-state index is -0.971. The molecule has 0 aliphatic rings. The van der Waals surface area contributed by atoms with Gasteiger partial charge < -0.3 is 5.11 Å². The van der Waals surface area contributed by atoms with E-state index in [9.17, 15) is 20.0 Å². The molecule has 0 atom stereocenters. The number of nitro benzene ring substituents is 1. The lowest BCUT2D eigenvalue weighted by molar-refractivity contribution is -0.384. The summed E-state index contributed by atoms with van der Waals surface area (Å²) in [5.74, 6) is -0.898. The van der Waals surface area contributed by atoms with E-state index in [2.05, 4.69) is 0 Å². The number of nitro groups is 1. The molecule has 0 saturated carbocycles. The van der Waals surface area contributed by atoms with E-state index in [0.717, 1.165) is 11.1 Å². The summed E-state index contributed by atoms with van der Waals surface area (Å²) in [6.45, 7) is 3.27. The van der Waals surface area contributed by atoms with Gasteiger partial charge in [-0.05, 0) is 30.5 Å². The fourth-order valence-corrected chi connectivity index (χ4v) is 2.00. The fourth-order valence-electron chi connectivity index (χ4n) is 2.00. The van der Waals surface area contributed by atoms with Crippen molar-refractivity contribution in [3.63, 3.8) is 0 Å². The number of benzene rings is 2. The molecule has 0 saturated heterocycles. The summed E-state index contributed by atoms with van der Waals surface area (Å²) in [6.07, 6.45) is 0. The second-order valence-electron chi connectivity index (χ2n) is 5.31. The van der Waals surface area contributed by atoms with E-state index in [0.29, 0.717) is 5.56 Å². The van der Waals surface area contributed by atoms with E-state index in [-0.39, 0.29) is 5.69 Å². The van der Waals surface area contributed by atoms with Crippen molar-refractivity contribution in [3.8, 4) is 11.1 Å². The van der Waals surface area contributed by atoms with Crippen LogP contribution >= 0.6 is 0 Å². The molecular formula is C16H15NO4. The van der Waals surface area contributed by atoms with Gasteiger partial charge in [-0.3, -0.25) is 14.9 Å². The predicted molar refractivity (Wildman–Crippen MR) is 79.2 cm³/mol. The van der Waals surface area contributed by atoms with E-state index in [1.165, 1.54) is 12.1 Å². The Balaban J connectivity index is 2.38. The topological polar surface area (TPSA) is 80.4 Å². The van der Waals surface area contributed by atoms with Crippen LogP contribution in [0.2, 0.25) is 0 Å². The van der Waals surface area contributed by atoms with Gasteiger partial charge in [0.2, 0.25) is 0 Å². The molecule has 0 aliphatic carbocycles. The van der Waals surface area contributed by atoms with Gasteiger partial charge in [0.05, 0.1) is 10.3 Å². The quantitative estimate of drug-likeness (QED) is 0.687. The standard InChI is InChI=1S/C16H15NO4/c1-16(2,15(18)19)13-8-6-11(7-9-13)12-4-3-5-14(10-12)17(20)21/h3-10H,1-2H3,(H,18,19). The molecule has 5 nitrogen and oxygen atoms in total. The molecule has 5 heteroatoms. The summed E-state index contributed by atoms with van der Waals surface area (Å²) in [7, 11) is 0. The van der Waals surface area contributed by atoms with Gasteiger partial charge in [-0.15, -0.1) is 0 Å². The molecule has 0 amide bonds. The Kier molecular flexibility index (Phi) is 3.76. The lowest BCUT2D eigenvalue weighted by Gasteiger charge is -2.19. The molecule has 0 bridgehead atoms. The van der Waals surface area contributed by atoms with Crippen molar-refractivity contribution in [1.82, 2.24) is 0 Å². The fraction of sp³-hybridized carbons (Fsp3) is 0.188. The smallest absolute Gasteiger partial charge is 0.313 e. The number of carbonyl (C=O) groups is 1. The zero-order chi connectivity index (χ0) is 15.6. The predicted octanol–water partition coefficient (Wildman–Crippen LogP) is 3.62. The first-order valence-electron chi connectivity index (χ1n) is 6.41. The number of hydrogen-bond donors (Lipinski definition) is 1. The average Bonchev–Trinajstić information content (AvgIpc) is 2.47. The Bertz CT molecular complexity index is 690. The van der Waals surface area contributed by atoms with Gasteiger partial charge in [-0.2, -0.15) is 0 Å². The lowest BCUT2D eigenvalue weighted by atomic mass is 9.84. The summed E-state index contributed by atoms with van der Waals surface area (Å²) >= 11 is 0. The first-order chi connectivity index (χ1) is 9.82. The highest BCUT2D eigenvalue weighted by Gasteiger charge is 2.29. The molecule has 0 aromatic heterocycles. The first-order valence-corrected chi connectivity index (χ1v) is 6.41. The van der Waals surface area contributed by atoms with Gasteiger partial charge >= 0.3 is 5.97 Å². The molecule has 1 N–H and O–H groups in total. The second kappa shape index (κ2) is 5.36. The summed E-state index contributed by atoms with van der Waals surface area (Å²) in [6, 6.07) is 13.4. The van der Waals surface area contributed by atoms with Crippen LogP contribution in [0.25, 0.3) is 11.1 Å². The Morgan fingerprint density at radius 3 is 2.24 bits per heavy atom. The molecular weight excluding hydrogens is 270 g/mol. The Hall–Kier alpha value is -2.69. The number of non-ortho nitro benzene ring substituents is 1. The highest BCUT2D eigenvalue weighted by Crippen LogP contribution is 2.28. The maximum atomic E-state index is 11.2. The molecule has 108 valence electrons. The normalized spacial score (nSPS) is 11.1. The summed E-state index contributed by atoms with van der Waals surface area (Å²) in [5.41, 5.74) is 1.28. The summed E-state index contributed by atoms with van der Waals surface area (Å²) in [4.78, 5) is 21.6. The van der Waals surface area contributed by atoms with Crippen LogP contribution < -0.4 is 0 Å². The van der Waals surface area contributed by atoms with E-state index in [4.69, 9.17) is 0 Å². The molecule has 0 aliphatic heterocycles. The third-order valence-electron chi connectivity index (χ3n) is 3.53. The zero-order valence-electron chi connectivity index (χ0n) is 11.7. The SMILES string of the molecule is CC(C)(C(=O)O)c1ccc(-c2cccc([N+](=O)[O-])c2)cc1. The second-order valence-corrected chi connectivity index (χ2v) is 5.31. The molecule has 2 rings (SSSR count). The molecule has 0 spiro atoms. The van der Waals surface area contributed by atoms with Crippen LogP contribution in [-0.2, 0) is 10.2 Å². The van der Waals surface area contributed by atoms with Crippen LogP contribution in [-0.4, -0.2) is 16.0 Å². The van der Waals surface area contributed by atoms with Crippen molar-refractivity contribution in [2.75, 3.05) is 0 Å². The largest absolute Gasteiger partial charge is 0.481 e. The molecule has 0 heterocycles. The molecule has 2 aromatic rings. The van der Waals surface area contributed by atoms with Gasteiger partial charge in [-0.25, -0.2) is 0 Å². The molecule has 0 unspecified atom stereocenters. The van der Waals surface area contributed by atoms with Crippen LogP contribution in [0.3, 0.4) is 0 Å². The number of carboxylic acids is 1. The number of rotatable bonds is 4. The van der Waals surface area contributed by atoms with E-state index in [1.807, 2.05) is 0 Å². The van der Waals surface area contributed by atoms with E-state index < -0.39 is 16.3 Å². The third kappa shape index (κ3) is 2.91. The first kappa shape index (κ1) is 14.7. The van der Waals surface area contributed by atoms with Gasteiger partial charge in [0.25, 0.3) is 5.69 Å². The van der Waals surface area contributed by atoms with Gasteiger partial charge in [-0.1, -0.05) is 36.4 Å². The number of nitrogens with zero attached hydrogens (tertiary/aromatic N) is 1. The van der Waals surface area contributed by atoms with Crippen LogP contribution in [0, 0.1) is 10.1 Å². The minimum Gasteiger partial charge on any atom is -0.481 e. The highest BCUT2D eigenvalue weighted by molar-refractivity contribution is 5.80. The minimum absolute atomic E-state index is 0.0300. The average molecular weight is 285 g/mol. The number of aliphatic carboxylic acids is 1. The Morgan fingerprint density at radius 1 is 1.10 bits per heavy atom. The zero-order valence-corrected chi connectivity index (χ0v) is 11.7. The van der Waals surface area contributed by atoms with E-state index in [1.54, 1.807) is 50.2 Å². The monoisotopic (exact) mass is 285 g/mol. The Morgan fingerprint density at radius 2 is 1.71 bits per heavy atom. The van der Waals surface area contributed by atoms with E-state index >= 15 is 0 Å². The molecule has 21 heavy (non-hydrogen) atoms. The summed E-state index contributed by atoms with van der Waals surface area (Å²) < 4.78 is 0. The highest BCUT2D eigenvalue weighted by atomic mass is 16.6. The van der Waals surface area contributed by atoms with Crippen molar-refractivity contribution in [2.45, 2.75) is 19.3 Å². The van der Waals surface area contributed by atoms with Crippen LogP contribution in [0.15, 0.2) is 48.5 Å². The van der Waals surface area contributed by atoms with Crippen molar-refractivity contribution in [3.05, 3.63) is 64.2 Å². The van der Waals surface area contributed by atoms with Crippen molar-refractivity contribution in [1.29, 1.82) is 0 Å². The number of hydrogen-bond acceptors (Lipinski definition) is 3. The summed E-state index contributed by atoms with van der Waals surface area (Å²) in [5, 5.41) is 20.0. The van der Waals surface area contributed by atoms with Crippen molar-refractivity contribution < 1.29 is 14.8 Å². The third-order valence-corrected chi connectivity index (χ3v) is 3.53. The van der Waals surface area contributed by atoms with Gasteiger partial charge in [0, 0.05) is 12.1 Å². The van der Waals surface area contributed by atoms with Gasteiger partial charge in [0.1, 0.15) is 0 Å². The van der Waals surface area contributed by atoms with Crippen LogP contribution in [0.1, 0.15) is 19.4 Å². The molecule has 2 aromatic carbocycles. The van der Waals surface area contributed by atoms with Crippen molar-refractivity contribution >= 4 is 11.7 Å². The number of carboxylic acid groups (broad SMARTS) is 1. The molecule has 0 fully saturated rings. The van der Waals surface area contributed by atoms with Crippen LogP contribution in [0.5, 0.6) is 0 Å². The Labute approximate surface area is 122 Å². The maximum absolute atomic E-state index is 11.2. The van der Waals surface area contributed by atoms with Crippen molar-refractivity contribution in [2.24, 2.45) is 0 Å².